The van der Waals surface area contributed by atoms with Crippen molar-refractivity contribution in [2.75, 3.05) is 25.9 Å². The van der Waals surface area contributed by atoms with E-state index < -0.39 is 28.3 Å². The molecule has 0 bridgehead atoms. The number of pyridine rings is 1. The number of piperazine rings is 1. The van der Waals surface area contributed by atoms with E-state index in [1.54, 1.807) is 19.3 Å². The first-order valence-electron chi connectivity index (χ1n) is 10.9. The summed E-state index contributed by atoms with van der Waals surface area (Å²) >= 11 is 0. The van der Waals surface area contributed by atoms with E-state index in [2.05, 4.69) is 4.90 Å². The molecule has 1 atom stereocenters. The van der Waals surface area contributed by atoms with Gasteiger partial charge in [0.2, 0.25) is 10.0 Å². The molecule has 4 heterocycles. The van der Waals surface area contributed by atoms with Crippen LogP contribution < -0.4 is 11.0 Å². The van der Waals surface area contributed by atoms with Gasteiger partial charge >= 0.3 is 7.12 Å². The van der Waals surface area contributed by atoms with Gasteiger partial charge in [-0.1, -0.05) is 0 Å². The number of sulfonamides is 1. The molecule has 32 heavy (non-hydrogen) atoms. The third-order valence-electron chi connectivity index (χ3n) is 6.99. The van der Waals surface area contributed by atoms with E-state index in [-0.39, 0.29) is 11.6 Å². The van der Waals surface area contributed by atoms with Crippen LogP contribution in [0.15, 0.2) is 21.5 Å². The van der Waals surface area contributed by atoms with Crippen molar-refractivity contribution in [1.82, 2.24) is 13.8 Å². The Bertz CT molecular complexity index is 1190. The predicted octanol–water partition coefficient (Wildman–Crippen LogP) is 0.896. The Morgan fingerprint density at radius 1 is 1.16 bits per heavy atom. The van der Waals surface area contributed by atoms with Crippen LogP contribution in [0.25, 0.3) is 11.0 Å². The van der Waals surface area contributed by atoms with Crippen molar-refractivity contribution < 1.29 is 22.1 Å². The van der Waals surface area contributed by atoms with Gasteiger partial charge in [-0.25, -0.2) is 8.42 Å². The lowest BCUT2D eigenvalue weighted by atomic mass is 9.79. The molecule has 0 spiro atoms. The molecule has 4 rings (SSSR count). The molecule has 1 unspecified atom stereocenters. The molecule has 0 saturated carbocycles. The van der Waals surface area contributed by atoms with Gasteiger partial charge in [-0.2, -0.15) is 4.31 Å². The molecule has 2 saturated heterocycles. The summed E-state index contributed by atoms with van der Waals surface area (Å²) in [6.45, 7) is 11.9. The van der Waals surface area contributed by atoms with Gasteiger partial charge in [0, 0.05) is 44.4 Å². The van der Waals surface area contributed by atoms with Crippen molar-refractivity contribution in [3.05, 3.63) is 28.4 Å². The van der Waals surface area contributed by atoms with Crippen molar-refractivity contribution in [2.24, 2.45) is 7.05 Å². The van der Waals surface area contributed by atoms with Crippen LogP contribution in [0.2, 0.25) is 0 Å². The fourth-order valence-corrected chi connectivity index (χ4v) is 5.15. The zero-order valence-electron chi connectivity index (χ0n) is 19.8. The standard InChI is InChI=1S/C21H32BN3O6S/c1-14-11-25(32(7,27)28)9-8-24(14)12-15-10-16-18(29-15)17(13-23(6)19(16)26)22-30-20(2,3)21(4,5)31-22/h10,13-14H,8-9,11-12H2,1-7H3. The van der Waals surface area contributed by atoms with Crippen LogP contribution >= 0.6 is 0 Å². The minimum absolute atomic E-state index is 0.0251. The summed E-state index contributed by atoms with van der Waals surface area (Å²) < 4.78 is 45.3. The summed E-state index contributed by atoms with van der Waals surface area (Å²) in [4.78, 5) is 15.0. The molecule has 2 fully saturated rings. The van der Waals surface area contributed by atoms with Crippen molar-refractivity contribution in [3.63, 3.8) is 0 Å². The van der Waals surface area contributed by atoms with Crippen molar-refractivity contribution >= 4 is 33.6 Å². The average molecular weight is 465 g/mol. The molecule has 9 nitrogen and oxygen atoms in total. The fraction of sp³-hybridized carbons (Fsp3) is 0.667. The summed E-state index contributed by atoms with van der Waals surface area (Å²) in [5, 5.41) is 0.483. The minimum Gasteiger partial charge on any atom is -0.460 e. The van der Waals surface area contributed by atoms with Gasteiger partial charge in [0.1, 0.15) is 11.3 Å². The molecule has 176 valence electrons. The summed E-state index contributed by atoms with van der Waals surface area (Å²) in [6.07, 6.45) is 2.95. The molecule has 0 amide bonds. The van der Waals surface area contributed by atoms with Gasteiger partial charge in [0.15, 0.2) is 0 Å². The Labute approximate surface area is 189 Å². The van der Waals surface area contributed by atoms with Crippen LogP contribution in [0.5, 0.6) is 0 Å². The Balaban J connectivity index is 1.64. The van der Waals surface area contributed by atoms with Gasteiger partial charge in [-0.15, -0.1) is 0 Å². The van der Waals surface area contributed by atoms with Crippen molar-refractivity contribution in [2.45, 2.75) is 58.4 Å². The lowest BCUT2D eigenvalue weighted by Gasteiger charge is -2.38. The Hall–Kier alpha value is -1.66. The van der Waals surface area contributed by atoms with Crippen LogP contribution in [-0.2, 0) is 32.9 Å². The minimum atomic E-state index is -3.21. The second kappa shape index (κ2) is 7.70. The van der Waals surface area contributed by atoms with Gasteiger partial charge in [-0.05, 0) is 40.7 Å². The number of furan rings is 1. The smallest absolute Gasteiger partial charge is 0.460 e. The van der Waals surface area contributed by atoms with E-state index in [1.807, 2.05) is 34.6 Å². The lowest BCUT2D eigenvalue weighted by Crippen LogP contribution is -2.52. The van der Waals surface area contributed by atoms with Crippen LogP contribution in [-0.4, -0.2) is 72.4 Å². The first-order valence-corrected chi connectivity index (χ1v) is 12.7. The second-order valence-electron chi connectivity index (χ2n) is 9.98. The molecule has 2 aliphatic rings. The topological polar surface area (TPSA) is 94.2 Å². The zero-order valence-corrected chi connectivity index (χ0v) is 20.7. The van der Waals surface area contributed by atoms with Gasteiger partial charge in [0.05, 0.1) is 29.4 Å². The molecule has 2 aromatic heterocycles. The van der Waals surface area contributed by atoms with Gasteiger partial charge < -0.3 is 18.3 Å². The molecule has 2 aromatic rings. The van der Waals surface area contributed by atoms with Gasteiger partial charge in [-0.3, -0.25) is 9.69 Å². The Kier molecular flexibility index (Phi) is 5.65. The van der Waals surface area contributed by atoms with Crippen LogP contribution in [0.4, 0.5) is 0 Å². The number of hydrogen-bond acceptors (Lipinski definition) is 7. The maximum Gasteiger partial charge on any atom is 0.500 e. The quantitative estimate of drug-likeness (QED) is 0.620. The highest BCUT2D eigenvalue weighted by Crippen LogP contribution is 2.37. The normalized spacial score (nSPS) is 24.5. The first kappa shape index (κ1) is 23.5. The van der Waals surface area contributed by atoms with Crippen LogP contribution in [0, 0.1) is 0 Å². The Morgan fingerprint density at radius 2 is 1.78 bits per heavy atom. The van der Waals surface area contributed by atoms with Gasteiger partial charge in [0.25, 0.3) is 5.56 Å². The number of fused-ring (bicyclic) bond motifs is 1. The molecule has 0 aliphatic carbocycles. The largest absolute Gasteiger partial charge is 0.500 e. The maximum absolute atomic E-state index is 12.8. The molecule has 2 aliphatic heterocycles. The van der Waals surface area contributed by atoms with E-state index >= 15 is 0 Å². The molecular weight excluding hydrogens is 433 g/mol. The third kappa shape index (κ3) is 4.05. The number of aryl methyl sites for hydroxylation is 1. The SMILES string of the molecule is CC1CN(S(C)(=O)=O)CCN1Cc1cc2c(=O)n(C)cc(B3OC(C)(C)C(C)(C)O3)c2o1. The maximum atomic E-state index is 12.8. The number of hydrogen-bond donors (Lipinski definition) is 0. The molecule has 0 radical (unpaired) electrons. The average Bonchev–Trinajstić information content (AvgIpc) is 3.17. The molecular formula is C21H32BN3O6S. The zero-order chi connectivity index (χ0) is 23.6. The summed E-state index contributed by atoms with van der Waals surface area (Å²) in [7, 11) is -2.15. The number of aromatic nitrogens is 1. The van der Waals surface area contributed by atoms with Crippen molar-refractivity contribution in [3.8, 4) is 0 Å². The molecule has 0 N–H and O–H groups in total. The summed E-state index contributed by atoms with van der Waals surface area (Å²) in [5.41, 5.74) is -0.0118. The lowest BCUT2D eigenvalue weighted by molar-refractivity contribution is 0.00578. The summed E-state index contributed by atoms with van der Waals surface area (Å²) in [5.74, 6) is 0.653. The number of rotatable bonds is 4. The third-order valence-corrected chi connectivity index (χ3v) is 8.26. The van der Waals surface area contributed by atoms with Crippen molar-refractivity contribution in [1.29, 1.82) is 0 Å². The highest BCUT2D eigenvalue weighted by Gasteiger charge is 2.52. The summed E-state index contributed by atoms with van der Waals surface area (Å²) in [6, 6.07) is 1.80. The molecule has 11 heteroatoms. The highest BCUT2D eigenvalue weighted by molar-refractivity contribution is 7.88. The van der Waals surface area contributed by atoms with E-state index in [4.69, 9.17) is 13.7 Å². The van der Waals surface area contributed by atoms with E-state index in [1.165, 1.54) is 15.1 Å². The van der Waals surface area contributed by atoms with Crippen LogP contribution in [0.1, 0.15) is 40.4 Å². The van der Waals surface area contributed by atoms with E-state index in [9.17, 15) is 13.2 Å². The monoisotopic (exact) mass is 465 g/mol. The van der Waals surface area contributed by atoms with E-state index in [0.717, 1.165) is 0 Å². The molecule has 0 aromatic carbocycles. The fourth-order valence-electron chi connectivity index (χ4n) is 4.25. The van der Waals surface area contributed by atoms with Crippen LogP contribution in [0.3, 0.4) is 0 Å². The highest BCUT2D eigenvalue weighted by atomic mass is 32.2. The number of nitrogens with zero attached hydrogens (tertiary/aromatic N) is 3. The second-order valence-corrected chi connectivity index (χ2v) is 12.0. The Morgan fingerprint density at radius 3 is 2.34 bits per heavy atom. The first-order chi connectivity index (χ1) is 14.7. The predicted molar refractivity (Wildman–Crippen MR) is 123 cm³/mol. The van der Waals surface area contributed by atoms with E-state index in [0.29, 0.717) is 48.4 Å².